The van der Waals surface area contributed by atoms with Crippen LogP contribution in [0.3, 0.4) is 0 Å². The molecule has 0 radical (unpaired) electrons. The van der Waals surface area contributed by atoms with Gasteiger partial charge in [-0.15, -0.1) is 0 Å². The fourth-order valence-electron chi connectivity index (χ4n) is 2.61. The molecule has 6 heteroatoms. The zero-order valence-corrected chi connectivity index (χ0v) is 14.9. The molecule has 1 aliphatic rings. The van der Waals surface area contributed by atoms with Gasteiger partial charge in [0.15, 0.2) is 0 Å². The van der Waals surface area contributed by atoms with Crippen molar-refractivity contribution in [3.05, 3.63) is 23.2 Å². The molecular weight excluding hydrogens is 316 g/mol. The minimum absolute atomic E-state index is 0.131. The molecule has 1 aromatic carbocycles. The molecule has 1 aromatic rings. The highest BCUT2D eigenvalue weighted by Crippen LogP contribution is 2.28. The Balaban J connectivity index is 1.95. The third-order valence-corrected chi connectivity index (χ3v) is 4.01. The summed E-state index contributed by atoms with van der Waals surface area (Å²) in [6.07, 6.45) is 1.72. The highest BCUT2D eigenvalue weighted by molar-refractivity contribution is 6.32. The average Bonchev–Trinajstić information content (AvgIpc) is 2.93. The Labute approximate surface area is 142 Å². The highest BCUT2D eigenvalue weighted by atomic mass is 35.5. The summed E-state index contributed by atoms with van der Waals surface area (Å²) in [5.41, 5.74) is 0.448. The van der Waals surface area contributed by atoms with E-state index in [9.17, 15) is 4.79 Å². The summed E-state index contributed by atoms with van der Waals surface area (Å²) in [6.45, 7) is 7.06. The van der Waals surface area contributed by atoms with E-state index in [4.69, 9.17) is 21.1 Å². The number of ether oxygens (including phenoxy) is 2. The molecule has 1 heterocycles. The van der Waals surface area contributed by atoms with Crippen molar-refractivity contribution in [2.24, 2.45) is 0 Å². The third-order valence-electron chi connectivity index (χ3n) is 3.70. The van der Waals surface area contributed by atoms with Crippen LogP contribution in [0.5, 0.6) is 5.75 Å². The summed E-state index contributed by atoms with van der Waals surface area (Å²) >= 11 is 6.03. The zero-order valence-electron chi connectivity index (χ0n) is 14.2. The van der Waals surface area contributed by atoms with Gasteiger partial charge in [0, 0.05) is 24.8 Å². The maximum absolute atomic E-state index is 12.3. The monoisotopic (exact) mass is 340 g/mol. The van der Waals surface area contributed by atoms with Crippen LogP contribution in [0.2, 0.25) is 5.02 Å². The number of halogens is 1. The Hall–Kier alpha value is -1.62. The smallest absolute Gasteiger partial charge is 0.410 e. The van der Waals surface area contributed by atoms with Crippen LogP contribution < -0.4 is 10.1 Å². The predicted molar refractivity (Wildman–Crippen MR) is 92.5 cm³/mol. The number of rotatable bonds is 4. The van der Waals surface area contributed by atoms with Gasteiger partial charge in [-0.2, -0.15) is 0 Å². The lowest BCUT2D eigenvalue weighted by Crippen LogP contribution is -2.42. The number of nitrogens with zero attached hydrogens (tertiary/aromatic N) is 1. The lowest BCUT2D eigenvalue weighted by Gasteiger charge is -2.29. The first kappa shape index (κ1) is 17.7. The molecule has 1 saturated heterocycles. The standard InChI is InChI=1S/C17H25ClN2O3/c1-17(2,3)23-16(21)20-9-5-6-13(20)11-19-12-7-8-14(18)15(10-12)22-4/h7-8,10,13,19H,5-6,9,11H2,1-4H3. The maximum Gasteiger partial charge on any atom is 0.410 e. The van der Waals surface area contributed by atoms with Crippen molar-refractivity contribution >= 4 is 23.4 Å². The number of carbonyl (C=O) groups is 1. The van der Waals surface area contributed by atoms with E-state index in [2.05, 4.69) is 5.32 Å². The summed E-state index contributed by atoms with van der Waals surface area (Å²) in [6, 6.07) is 5.68. The minimum atomic E-state index is -0.471. The van der Waals surface area contributed by atoms with Crippen LogP contribution in [0.25, 0.3) is 0 Å². The normalized spacial score (nSPS) is 18.0. The second-order valence-corrected chi connectivity index (χ2v) is 7.11. The number of nitrogens with one attached hydrogen (secondary N) is 1. The van der Waals surface area contributed by atoms with E-state index in [1.165, 1.54) is 0 Å². The number of hydrogen-bond acceptors (Lipinski definition) is 4. The van der Waals surface area contributed by atoms with Gasteiger partial charge in [-0.3, -0.25) is 0 Å². The Morgan fingerprint density at radius 3 is 2.83 bits per heavy atom. The first-order chi connectivity index (χ1) is 10.8. The van der Waals surface area contributed by atoms with Crippen molar-refractivity contribution in [1.29, 1.82) is 0 Å². The van der Waals surface area contributed by atoms with Gasteiger partial charge < -0.3 is 19.7 Å². The molecule has 23 heavy (non-hydrogen) atoms. The molecule has 0 spiro atoms. The van der Waals surface area contributed by atoms with Gasteiger partial charge in [-0.05, 0) is 45.7 Å². The lowest BCUT2D eigenvalue weighted by molar-refractivity contribution is 0.0235. The number of amides is 1. The molecule has 0 saturated carbocycles. The number of anilines is 1. The zero-order chi connectivity index (χ0) is 17.0. The van der Waals surface area contributed by atoms with E-state index in [0.717, 1.165) is 25.1 Å². The molecule has 1 unspecified atom stereocenters. The van der Waals surface area contributed by atoms with Crippen molar-refractivity contribution in [1.82, 2.24) is 4.90 Å². The predicted octanol–water partition coefficient (Wildman–Crippen LogP) is 4.16. The maximum atomic E-state index is 12.3. The molecule has 128 valence electrons. The van der Waals surface area contributed by atoms with Crippen LogP contribution in [0.15, 0.2) is 18.2 Å². The number of carbonyl (C=O) groups excluding carboxylic acids is 1. The molecule has 5 nitrogen and oxygen atoms in total. The van der Waals surface area contributed by atoms with E-state index in [1.807, 2.05) is 37.8 Å². The van der Waals surface area contributed by atoms with E-state index in [0.29, 0.717) is 17.3 Å². The van der Waals surface area contributed by atoms with Crippen LogP contribution in [0.4, 0.5) is 10.5 Å². The molecule has 1 atom stereocenters. The second-order valence-electron chi connectivity index (χ2n) is 6.70. The van der Waals surface area contributed by atoms with Crippen molar-refractivity contribution in [2.45, 2.75) is 45.3 Å². The molecule has 1 amide bonds. The van der Waals surface area contributed by atoms with Crippen molar-refractivity contribution < 1.29 is 14.3 Å². The average molecular weight is 341 g/mol. The molecule has 0 aromatic heterocycles. The summed E-state index contributed by atoms with van der Waals surface area (Å²) in [7, 11) is 1.59. The summed E-state index contributed by atoms with van der Waals surface area (Å²) in [5, 5.41) is 3.93. The highest BCUT2D eigenvalue weighted by Gasteiger charge is 2.31. The summed E-state index contributed by atoms with van der Waals surface area (Å²) in [4.78, 5) is 14.1. The van der Waals surface area contributed by atoms with Crippen LogP contribution in [0.1, 0.15) is 33.6 Å². The third kappa shape index (κ3) is 4.93. The number of benzene rings is 1. The number of likely N-dealkylation sites (tertiary alicyclic amines) is 1. The molecule has 0 aliphatic carbocycles. The molecule has 1 fully saturated rings. The van der Waals surface area contributed by atoms with Gasteiger partial charge >= 0.3 is 6.09 Å². The van der Waals surface area contributed by atoms with Crippen LogP contribution >= 0.6 is 11.6 Å². The number of methoxy groups -OCH3 is 1. The SMILES string of the molecule is COc1cc(NCC2CCCN2C(=O)OC(C)(C)C)ccc1Cl. The summed E-state index contributed by atoms with van der Waals surface area (Å²) < 4.78 is 10.7. The van der Waals surface area contributed by atoms with Gasteiger partial charge in [-0.1, -0.05) is 11.6 Å². The van der Waals surface area contributed by atoms with Crippen molar-refractivity contribution in [3.63, 3.8) is 0 Å². The topological polar surface area (TPSA) is 50.8 Å². The number of hydrogen-bond donors (Lipinski definition) is 1. The molecule has 0 bridgehead atoms. The van der Waals surface area contributed by atoms with Gasteiger partial charge in [-0.25, -0.2) is 4.79 Å². The van der Waals surface area contributed by atoms with E-state index < -0.39 is 5.60 Å². The fraction of sp³-hybridized carbons (Fsp3) is 0.588. The minimum Gasteiger partial charge on any atom is -0.495 e. The van der Waals surface area contributed by atoms with Gasteiger partial charge in [0.2, 0.25) is 0 Å². The quantitative estimate of drug-likeness (QED) is 0.894. The molecule has 2 rings (SSSR count). The Bertz CT molecular complexity index is 557. The largest absolute Gasteiger partial charge is 0.495 e. The Morgan fingerprint density at radius 1 is 1.43 bits per heavy atom. The molecule has 1 aliphatic heterocycles. The second kappa shape index (κ2) is 7.30. The van der Waals surface area contributed by atoms with E-state index in [-0.39, 0.29) is 12.1 Å². The van der Waals surface area contributed by atoms with Crippen molar-refractivity contribution in [2.75, 3.05) is 25.5 Å². The van der Waals surface area contributed by atoms with Crippen molar-refractivity contribution in [3.8, 4) is 5.75 Å². The summed E-state index contributed by atoms with van der Waals surface area (Å²) in [5.74, 6) is 0.632. The first-order valence-corrected chi connectivity index (χ1v) is 8.25. The van der Waals surface area contributed by atoms with Gasteiger partial charge in [0.25, 0.3) is 0 Å². The van der Waals surface area contributed by atoms with Gasteiger partial charge in [0.05, 0.1) is 18.2 Å². The molecular formula is C17H25ClN2O3. The van der Waals surface area contributed by atoms with E-state index in [1.54, 1.807) is 13.2 Å². The van der Waals surface area contributed by atoms with Crippen LogP contribution in [-0.4, -0.2) is 42.8 Å². The van der Waals surface area contributed by atoms with Crippen LogP contribution in [0, 0.1) is 0 Å². The van der Waals surface area contributed by atoms with Gasteiger partial charge in [0.1, 0.15) is 11.4 Å². The first-order valence-electron chi connectivity index (χ1n) is 7.87. The Kier molecular flexibility index (Phi) is 5.63. The fourth-order valence-corrected chi connectivity index (χ4v) is 2.81. The van der Waals surface area contributed by atoms with E-state index >= 15 is 0 Å². The molecule has 1 N–H and O–H groups in total. The van der Waals surface area contributed by atoms with Crippen LogP contribution in [-0.2, 0) is 4.74 Å². The lowest BCUT2D eigenvalue weighted by atomic mass is 10.2. The Morgan fingerprint density at radius 2 is 2.17 bits per heavy atom.